The Balaban J connectivity index is 1.35. The number of esters is 1. The molecule has 1 aliphatic heterocycles. The lowest BCUT2D eigenvalue weighted by molar-refractivity contribution is -0.119. The number of sulfonamides is 1. The first kappa shape index (κ1) is 25.2. The van der Waals surface area contributed by atoms with Crippen LogP contribution in [0.4, 0.5) is 5.69 Å². The Morgan fingerprint density at radius 1 is 0.944 bits per heavy atom. The van der Waals surface area contributed by atoms with Crippen molar-refractivity contribution in [3.05, 3.63) is 83.4 Å². The van der Waals surface area contributed by atoms with Gasteiger partial charge in [0.05, 0.1) is 30.4 Å². The molecule has 0 aliphatic carbocycles. The number of rotatable bonds is 8. The molecule has 0 aromatic heterocycles. The third-order valence-electron chi connectivity index (χ3n) is 5.84. The Hall–Kier alpha value is -3.89. The highest BCUT2D eigenvalue weighted by Crippen LogP contribution is 2.29. The molecule has 1 aliphatic rings. The number of nitrogens with zero attached hydrogens (tertiary/aromatic N) is 1. The Morgan fingerprint density at radius 3 is 2.36 bits per heavy atom. The molecule has 0 unspecified atom stereocenters. The number of carbonyl (C=O) groups excluding carboxylic acids is 2. The molecule has 0 saturated heterocycles. The molecule has 0 atom stereocenters. The van der Waals surface area contributed by atoms with Crippen LogP contribution in [0.3, 0.4) is 0 Å². The number of carbonyl (C=O) groups is 2. The number of nitrogens with one attached hydrogen (secondary N) is 1. The third-order valence-corrected chi connectivity index (χ3v) is 7.70. The van der Waals surface area contributed by atoms with E-state index in [-0.39, 0.29) is 10.5 Å². The molecule has 0 radical (unpaired) electrons. The van der Waals surface area contributed by atoms with Crippen molar-refractivity contribution in [2.75, 3.05) is 32.7 Å². The average Bonchev–Trinajstić information content (AvgIpc) is 2.91. The number of benzene rings is 3. The fourth-order valence-electron chi connectivity index (χ4n) is 3.89. The predicted molar refractivity (Wildman–Crippen MR) is 133 cm³/mol. The van der Waals surface area contributed by atoms with Gasteiger partial charge < -0.3 is 19.5 Å². The lowest BCUT2D eigenvalue weighted by atomic mass is 10.0. The van der Waals surface area contributed by atoms with Gasteiger partial charge in [0, 0.05) is 19.2 Å². The Bertz CT molecular complexity index is 1370. The van der Waals surface area contributed by atoms with Gasteiger partial charge in [-0.05, 0) is 53.9 Å². The summed E-state index contributed by atoms with van der Waals surface area (Å²) < 4.78 is 43.1. The van der Waals surface area contributed by atoms with Crippen molar-refractivity contribution in [3.8, 4) is 11.5 Å². The smallest absolute Gasteiger partial charge is 0.338 e. The van der Waals surface area contributed by atoms with Gasteiger partial charge in [-0.3, -0.25) is 4.79 Å². The number of hydrogen-bond acceptors (Lipinski definition) is 7. The molecule has 3 aromatic carbocycles. The number of amides is 1. The normalized spacial score (nSPS) is 13.4. The lowest BCUT2D eigenvalue weighted by Gasteiger charge is -2.28. The van der Waals surface area contributed by atoms with Crippen LogP contribution in [0.15, 0.2) is 71.6 Å². The minimum Gasteiger partial charge on any atom is -0.497 e. The van der Waals surface area contributed by atoms with Gasteiger partial charge in [0.25, 0.3) is 5.91 Å². The van der Waals surface area contributed by atoms with E-state index in [1.807, 2.05) is 24.3 Å². The van der Waals surface area contributed by atoms with E-state index in [9.17, 15) is 18.0 Å². The maximum atomic E-state index is 13.1. The molecule has 4 rings (SSSR count). The monoisotopic (exact) mass is 510 g/mol. The summed E-state index contributed by atoms with van der Waals surface area (Å²) in [6.07, 6.45) is 0.643. The molecule has 1 heterocycles. The summed E-state index contributed by atoms with van der Waals surface area (Å²) in [5.74, 6) is -0.353. The zero-order valence-corrected chi connectivity index (χ0v) is 20.7. The Kier molecular flexibility index (Phi) is 7.56. The summed E-state index contributed by atoms with van der Waals surface area (Å²) in [4.78, 5) is 24.7. The quantitative estimate of drug-likeness (QED) is 0.463. The van der Waals surface area contributed by atoms with Gasteiger partial charge in [0.2, 0.25) is 10.0 Å². The first-order valence-electron chi connectivity index (χ1n) is 11.2. The topological polar surface area (TPSA) is 111 Å². The van der Waals surface area contributed by atoms with Crippen molar-refractivity contribution >= 4 is 27.6 Å². The van der Waals surface area contributed by atoms with E-state index in [0.29, 0.717) is 36.7 Å². The second kappa shape index (κ2) is 10.8. The molecule has 9 nitrogen and oxygen atoms in total. The molecule has 0 spiro atoms. The fraction of sp³-hybridized carbons (Fsp3) is 0.231. The van der Waals surface area contributed by atoms with Crippen LogP contribution in [0.2, 0.25) is 0 Å². The predicted octanol–water partition coefficient (Wildman–Crippen LogP) is 3.25. The first-order chi connectivity index (χ1) is 17.3. The van der Waals surface area contributed by atoms with Crippen molar-refractivity contribution in [1.29, 1.82) is 0 Å². The zero-order valence-electron chi connectivity index (χ0n) is 19.9. The van der Waals surface area contributed by atoms with Crippen LogP contribution < -0.4 is 14.8 Å². The Morgan fingerprint density at radius 2 is 1.67 bits per heavy atom. The molecule has 36 heavy (non-hydrogen) atoms. The van der Waals surface area contributed by atoms with Gasteiger partial charge in [-0.15, -0.1) is 0 Å². The van der Waals surface area contributed by atoms with E-state index in [4.69, 9.17) is 14.2 Å². The molecule has 3 aromatic rings. The van der Waals surface area contributed by atoms with Crippen molar-refractivity contribution < 1.29 is 32.2 Å². The van der Waals surface area contributed by atoms with Crippen molar-refractivity contribution in [3.63, 3.8) is 0 Å². The molecule has 0 fully saturated rings. The minimum atomic E-state index is -3.72. The molecule has 1 N–H and O–H groups in total. The van der Waals surface area contributed by atoms with Crippen LogP contribution in [0, 0.1) is 0 Å². The summed E-state index contributed by atoms with van der Waals surface area (Å²) in [5, 5.41) is 2.61. The molecular weight excluding hydrogens is 484 g/mol. The fourth-order valence-corrected chi connectivity index (χ4v) is 5.31. The Labute approximate surface area is 209 Å². The van der Waals surface area contributed by atoms with Gasteiger partial charge in [-0.25, -0.2) is 13.2 Å². The molecular formula is C26H26N2O7S. The van der Waals surface area contributed by atoms with Gasteiger partial charge in [-0.2, -0.15) is 4.31 Å². The highest BCUT2D eigenvalue weighted by atomic mass is 32.2. The van der Waals surface area contributed by atoms with Crippen LogP contribution in [-0.4, -0.2) is 52.0 Å². The van der Waals surface area contributed by atoms with Crippen LogP contribution in [0.25, 0.3) is 0 Å². The summed E-state index contributed by atoms with van der Waals surface area (Å²) in [6.45, 7) is 0.162. The summed E-state index contributed by atoms with van der Waals surface area (Å²) in [5.41, 5.74) is 2.66. The molecule has 0 saturated carbocycles. The highest BCUT2D eigenvalue weighted by molar-refractivity contribution is 7.89. The maximum Gasteiger partial charge on any atom is 0.338 e. The second-order valence-electron chi connectivity index (χ2n) is 8.07. The van der Waals surface area contributed by atoms with E-state index in [1.165, 1.54) is 42.8 Å². The van der Waals surface area contributed by atoms with Gasteiger partial charge in [0.15, 0.2) is 6.61 Å². The molecule has 0 bridgehead atoms. The summed E-state index contributed by atoms with van der Waals surface area (Å²) >= 11 is 0. The SMILES string of the molecule is COc1ccc(NC(=O)COC(=O)c2ccc(S(=O)(=O)N3CCc4ccccc4C3)cc2)c(OC)c1. The van der Waals surface area contributed by atoms with E-state index in [1.54, 1.807) is 18.2 Å². The van der Waals surface area contributed by atoms with E-state index in [2.05, 4.69) is 5.32 Å². The minimum absolute atomic E-state index is 0.0859. The molecule has 10 heteroatoms. The third kappa shape index (κ3) is 5.50. The standard InChI is InChI=1S/C26H26N2O7S/c1-33-21-9-12-23(24(15-21)34-2)27-25(29)17-35-26(30)19-7-10-22(11-8-19)36(31,32)28-14-13-18-5-3-4-6-20(18)16-28/h3-12,15H,13-14,16-17H2,1-2H3,(H,27,29). The van der Waals surface area contributed by atoms with Crippen LogP contribution in [0.5, 0.6) is 11.5 Å². The van der Waals surface area contributed by atoms with E-state index >= 15 is 0 Å². The van der Waals surface area contributed by atoms with Crippen molar-refractivity contribution in [2.45, 2.75) is 17.9 Å². The van der Waals surface area contributed by atoms with Crippen molar-refractivity contribution in [2.24, 2.45) is 0 Å². The summed E-state index contributed by atoms with van der Waals surface area (Å²) in [7, 11) is -0.751. The number of anilines is 1. The number of hydrogen-bond donors (Lipinski definition) is 1. The number of ether oxygens (including phenoxy) is 3. The van der Waals surface area contributed by atoms with Gasteiger partial charge in [-0.1, -0.05) is 24.3 Å². The zero-order chi connectivity index (χ0) is 25.7. The van der Waals surface area contributed by atoms with Crippen molar-refractivity contribution in [1.82, 2.24) is 4.31 Å². The maximum absolute atomic E-state index is 13.1. The first-order valence-corrected chi connectivity index (χ1v) is 12.6. The highest BCUT2D eigenvalue weighted by Gasteiger charge is 2.28. The van der Waals surface area contributed by atoms with Crippen LogP contribution in [-0.2, 0) is 32.5 Å². The summed E-state index contributed by atoms with van der Waals surface area (Å²) in [6, 6.07) is 18.1. The van der Waals surface area contributed by atoms with Gasteiger partial charge >= 0.3 is 5.97 Å². The number of fused-ring (bicyclic) bond motifs is 1. The van der Waals surface area contributed by atoms with Crippen LogP contribution in [0.1, 0.15) is 21.5 Å². The van der Waals surface area contributed by atoms with E-state index in [0.717, 1.165) is 11.1 Å². The molecule has 188 valence electrons. The number of methoxy groups -OCH3 is 2. The lowest BCUT2D eigenvalue weighted by Crippen LogP contribution is -2.35. The average molecular weight is 511 g/mol. The van der Waals surface area contributed by atoms with Crippen LogP contribution >= 0.6 is 0 Å². The second-order valence-corrected chi connectivity index (χ2v) is 10.0. The largest absolute Gasteiger partial charge is 0.497 e. The van der Waals surface area contributed by atoms with E-state index < -0.39 is 28.5 Å². The molecule has 1 amide bonds. The van der Waals surface area contributed by atoms with Gasteiger partial charge in [0.1, 0.15) is 11.5 Å².